The average molecular weight is 383 g/mol. The summed E-state index contributed by atoms with van der Waals surface area (Å²) in [6.45, 7) is 2.62. The van der Waals surface area contributed by atoms with Gasteiger partial charge in [-0.1, -0.05) is 42.0 Å². The van der Waals surface area contributed by atoms with E-state index in [-0.39, 0.29) is 16.8 Å². The highest BCUT2D eigenvalue weighted by molar-refractivity contribution is 6.10. The maximum atomic E-state index is 13.1. The maximum absolute atomic E-state index is 13.1. The molecule has 0 saturated heterocycles. The molecule has 4 aromatic rings. The Kier molecular flexibility index (Phi) is 5.00. The lowest BCUT2D eigenvalue weighted by atomic mass is 10.0. The van der Waals surface area contributed by atoms with Gasteiger partial charge in [0.2, 0.25) is 5.43 Å². The molecule has 0 saturated carbocycles. The molecule has 4 rings (SSSR count). The van der Waals surface area contributed by atoms with Crippen LogP contribution in [0, 0.1) is 6.92 Å². The molecular weight excluding hydrogens is 362 g/mol. The van der Waals surface area contributed by atoms with Crippen LogP contribution in [0.2, 0.25) is 0 Å². The Morgan fingerprint density at radius 3 is 2.31 bits per heavy atom. The fourth-order valence-corrected chi connectivity index (χ4v) is 3.43. The fraction of sp³-hybridized carbons (Fsp3) is 0.120. The number of rotatable bonds is 5. The summed E-state index contributed by atoms with van der Waals surface area (Å²) in [4.78, 5) is 26.2. The van der Waals surface area contributed by atoms with Crippen molar-refractivity contribution in [3.05, 3.63) is 111 Å². The molecule has 0 amide bonds. The van der Waals surface area contributed by atoms with E-state index >= 15 is 0 Å². The summed E-state index contributed by atoms with van der Waals surface area (Å²) in [5.74, 6) is 0.373. The molecular formula is C25H21NO3. The van der Waals surface area contributed by atoms with Gasteiger partial charge < -0.3 is 9.30 Å². The van der Waals surface area contributed by atoms with E-state index in [1.807, 2.05) is 29.7 Å². The van der Waals surface area contributed by atoms with Crippen molar-refractivity contribution in [2.24, 2.45) is 0 Å². The minimum atomic E-state index is -0.291. The van der Waals surface area contributed by atoms with Crippen molar-refractivity contribution >= 4 is 16.7 Å². The number of benzene rings is 3. The van der Waals surface area contributed by atoms with Gasteiger partial charge in [0, 0.05) is 23.7 Å². The van der Waals surface area contributed by atoms with Crippen LogP contribution in [0.1, 0.15) is 27.0 Å². The zero-order valence-corrected chi connectivity index (χ0v) is 16.4. The summed E-state index contributed by atoms with van der Waals surface area (Å²) in [5, 5.41) is 0.541. The van der Waals surface area contributed by atoms with Crippen LogP contribution in [-0.4, -0.2) is 17.5 Å². The predicted molar refractivity (Wildman–Crippen MR) is 115 cm³/mol. The number of carbonyl (C=O) groups is 1. The minimum absolute atomic E-state index is 0.168. The van der Waals surface area contributed by atoms with Crippen molar-refractivity contribution in [1.29, 1.82) is 0 Å². The number of carbonyl (C=O) groups excluding carboxylic acids is 1. The second kappa shape index (κ2) is 7.76. The molecule has 0 aliphatic rings. The van der Waals surface area contributed by atoms with Gasteiger partial charge in [-0.05, 0) is 48.9 Å². The molecule has 144 valence electrons. The van der Waals surface area contributed by atoms with Crippen LogP contribution in [0.25, 0.3) is 10.9 Å². The van der Waals surface area contributed by atoms with Crippen LogP contribution in [0.4, 0.5) is 0 Å². The first-order valence-corrected chi connectivity index (χ1v) is 9.43. The van der Waals surface area contributed by atoms with E-state index in [0.717, 1.165) is 11.1 Å². The van der Waals surface area contributed by atoms with Gasteiger partial charge in [0.15, 0.2) is 5.78 Å². The molecule has 0 spiro atoms. The second-order valence-electron chi connectivity index (χ2n) is 7.06. The number of pyridine rings is 1. The molecule has 4 nitrogen and oxygen atoms in total. The number of hydrogen-bond acceptors (Lipinski definition) is 3. The molecule has 1 heterocycles. The monoisotopic (exact) mass is 383 g/mol. The number of ether oxygens (including phenoxy) is 1. The molecule has 0 aliphatic heterocycles. The van der Waals surface area contributed by atoms with Gasteiger partial charge in [-0.15, -0.1) is 0 Å². The lowest BCUT2D eigenvalue weighted by molar-refractivity contribution is 0.103. The van der Waals surface area contributed by atoms with Gasteiger partial charge >= 0.3 is 0 Å². The molecule has 0 aliphatic carbocycles. The molecule has 29 heavy (non-hydrogen) atoms. The summed E-state index contributed by atoms with van der Waals surface area (Å²) in [7, 11) is 1.57. The zero-order valence-electron chi connectivity index (χ0n) is 16.4. The predicted octanol–water partition coefficient (Wildman–Crippen LogP) is 4.60. The highest BCUT2D eigenvalue weighted by atomic mass is 16.5. The zero-order chi connectivity index (χ0) is 20.4. The van der Waals surface area contributed by atoms with Crippen LogP contribution in [0.15, 0.2) is 83.8 Å². The fourth-order valence-electron chi connectivity index (χ4n) is 3.43. The first-order valence-electron chi connectivity index (χ1n) is 9.43. The van der Waals surface area contributed by atoms with Crippen molar-refractivity contribution in [3.8, 4) is 5.75 Å². The Bertz CT molecular complexity index is 1240. The average Bonchev–Trinajstić information content (AvgIpc) is 2.77. The van der Waals surface area contributed by atoms with E-state index in [1.54, 1.807) is 43.6 Å². The van der Waals surface area contributed by atoms with Gasteiger partial charge in [-0.25, -0.2) is 0 Å². The van der Waals surface area contributed by atoms with Crippen molar-refractivity contribution in [3.63, 3.8) is 0 Å². The Morgan fingerprint density at radius 2 is 1.62 bits per heavy atom. The maximum Gasteiger partial charge on any atom is 0.200 e. The van der Waals surface area contributed by atoms with E-state index in [4.69, 9.17) is 4.74 Å². The Balaban J connectivity index is 1.83. The number of aromatic nitrogens is 1. The number of fused-ring (bicyclic) bond motifs is 1. The van der Waals surface area contributed by atoms with Crippen LogP contribution in [-0.2, 0) is 6.54 Å². The molecule has 0 fully saturated rings. The minimum Gasteiger partial charge on any atom is -0.497 e. The molecule has 0 atom stereocenters. The molecule has 0 N–H and O–H groups in total. The van der Waals surface area contributed by atoms with Crippen molar-refractivity contribution < 1.29 is 9.53 Å². The third kappa shape index (κ3) is 3.69. The molecule has 0 unspecified atom stereocenters. The van der Waals surface area contributed by atoms with Crippen LogP contribution < -0.4 is 10.2 Å². The van der Waals surface area contributed by atoms with Gasteiger partial charge in [0.1, 0.15) is 5.75 Å². The summed E-state index contributed by atoms with van der Waals surface area (Å²) in [6.07, 6.45) is 1.68. The Morgan fingerprint density at radius 1 is 0.931 bits per heavy atom. The first kappa shape index (κ1) is 18.7. The SMILES string of the molecule is COc1ccc(C(=O)c2cn(Cc3ccc(C)cc3)c3ccccc3c2=O)cc1. The number of para-hydroxylation sites is 1. The third-order valence-electron chi connectivity index (χ3n) is 5.06. The summed E-state index contributed by atoms with van der Waals surface area (Å²) in [6, 6.07) is 22.5. The summed E-state index contributed by atoms with van der Waals surface area (Å²) < 4.78 is 7.12. The van der Waals surface area contributed by atoms with Gasteiger partial charge in [0.25, 0.3) is 0 Å². The number of nitrogens with zero attached hydrogens (tertiary/aromatic N) is 1. The van der Waals surface area contributed by atoms with Gasteiger partial charge in [-0.2, -0.15) is 0 Å². The van der Waals surface area contributed by atoms with Gasteiger partial charge in [-0.3, -0.25) is 9.59 Å². The Labute approximate surface area is 169 Å². The molecule has 3 aromatic carbocycles. The van der Waals surface area contributed by atoms with E-state index in [1.165, 1.54) is 5.56 Å². The van der Waals surface area contributed by atoms with Crippen LogP contribution in [0.5, 0.6) is 5.75 Å². The number of hydrogen-bond donors (Lipinski definition) is 0. The number of aryl methyl sites for hydroxylation is 1. The van der Waals surface area contributed by atoms with Crippen molar-refractivity contribution in [2.75, 3.05) is 7.11 Å². The highest BCUT2D eigenvalue weighted by Crippen LogP contribution is 2.18. The van der Waals surface area contributed by atoms with Crippen LogP contribution in [0.3, 0.4) is 0 Å². The lowest BCUT2D eigenvalue weighted by Crippen LogP contribution is -2.20. The lowest BCUT2D eigenvalue weighted by Gasteiger charge is -2.14. The van der Waals surface area contributed by atoms with Gasteiger partial charge in [0.05, 0.1) is 18.2 Å². The normalized spacial score (nSPS) is 10.8. The standard InChI is InChI=1S/C25H21NO3/c1-17-7-9-18(10-8-17)15-26-16-22(25(28)21-5-3-4-6-23(21)26)24(27)19-11-13-20(29-2)14-12-19/h3-14,16H,15H2,1-2H3. The van der Waals surface area contributed by atoms with E-state index in [9.17, 15) is 9.59 Å². The second-order valence-corrected chi connectivity index (χ2v) is 7.06. The smallest absolute Gasteiger partial charge is 0.200 e. The number of ketones is 1. The first-order chi connectivity index (χ1) is 14.1. The molecule has 0 bridgehead atoms. The molecule has 1 aromatic heterocycles. The summed E-state index contributed by atoms with van der Waals surface area (Å²) in [5.41, 5.74) is 3.48. The van der Waals surface area contributed by atoms with E-state index < -0.39 is 0 Å². The van der Waals surface area contributed by atoms with Crippen LogP contribution >= 0.6 is 0 Å². The highest BCUT2D eigenvalue weighted by Gasteiger charge is 2.17. The number of methoxy groups -OCH3 is 1. The molecule has 0 radical (unpaired) electrons. The van der Waals surface area contributed by atoms with E-state index in [2.05, 4.69) is 24.3 Å². The van der Waals surface area contributed by atoms with Crippen molar-refractivity contribution in [2.45, 2.75) is 13.5 Å². The van der Waals surface area contributed by atoms with Crippen molar-refractivity contribution in [1.82, 2.24) is 4.57 Å². The van der Waals surface area contributed by atoms with E-state index in [0.29, 0.717) is 23.2 Å². The topological polar surface area (TPSA) is 48.3 Å². The summed E-state index contributed by atoms with van der Waals surface area (Å²) >= 11 is 0. The Hall–Kier alpha value is -3.66. The largest absolute Gasteiger partial charge is 0.497 e. The molecule has 4 heteroatoms. The third-order valence-corrected chi connectivity index (χ3v) is 5.06. The quantitative estimate of drug-likeness (QED) is 0.473.